The number of nitrogen functional groups attached to an aromatic ring is 1. The molecule has 0 aliphatic carbocycles. The number of nitrogens with zero attached hydrogens (tertiary/aromatic N) is 13. The number of benzene rings is 4. The van der Waals surface area contributed by atoms with Crippen molar-refractivity contribution in [3.05, 3.63) is 189 Å². The Morgan fingerprint density at radius 3 is 1.11 bits per heavy atom. The monoisotopic (exact) mass is 1870 g/mol. The molecule has 0 radical (unpaired) electrons. The highest BCUT2D eigenvalue weighted by Gasteiger charge is 2.33. The van der Waals surface area contributed by atoms with Gasteiger partial charge in [-0.05, 0) is 91.1 Å². The number of halogens is 6. The Balaban J connectivity index is 0.000000165. The number of nitrogens with one attached hydrogen (secondary N) is 6. The smallest absolute Gasteiger partial charge is 0.223 e. The standard InChI is InChI=1S/C31H32Cl2N6O4.C30H33Cl2N7O5.C29H31Cl2N7O4/c1-4-21(40)11-18-8-9-43-16-23(18)38-31-36-15-19-12-22(26-27(32)24(41-2)13-25(42-3)28(26)33)37-30(29(19)39-31)35-14-17-6-5-7-20(34)10-17;1-4-20(41)9-18-5-8-44-16-22(18)37-30-34-14-19-10-21(25-26(31)23(42-2)11-24(43-3)27(25)32)36-29(28(19)38-30)33-12-17-13-35-39(15-17)6-7-40;1-5-19(39)8-17-6-7-42-15-21(17)36-29-33-13-18-9-20(24-25(30)22(40-3)10-23(41-4)26(24)31)35-28(27(18)37-29)32-11-16-12-34-38(2)14-16/h4-7,10,12-13,15,18,23H,1,8-9,11,14,16,34H2,2-3H3,(H,35,37)(H,36,38,39);4,10-11,13-15,18,22,40H,1,5-9,12,16H2,2-3H3,(H,33,36)(H,34,37,38);5,9-10,12-14,17,21H,1,6-8,11,15H2,2-4H3,(H,32,35)(H,33,36,37)/t18-,23-;18-,22-;17-,21-/m111/s1. The van der Waals surface area contributed by atoms with E-state index in [2.05, 4.69) is 76.8 Å². The van der Waals surface area contributed by atoms with Gasteiger partial charge in [0.05, 0.1) is 153 Å². The summed E-state index contributed by atoms with van der Waals surface area (Å²) in [4.78, 5) is 79.2. The maximum absolute atomic E-state index is 12.1. The zero-order valence-corrected chi connectivity index (χ0v) is 76.2. The maximum atomic E-state index is 12.1. The van der Waals surface area contributed by atoms with E-state index in [9.17, 15) is 19.5 Å². The van der Waals surface area contributed by atoms with E-state index in [0.717, 1.165) is 36.0 Å². The zero-order chi connectivity index (χ0) is 91.5. The van der Waals surface area contributed by atoms with Crippen LogP contribution >= 0.6 is 69.6 Å². The summed E-state index contributed by atoms with van der Waals surface area (Å²) in [5.41, 5.74) is 13.9. The van der Waals surface area contributed by atoms with Gasteiger partial charge < -0.3 is 85.4 Å². The van der Waals surface area contributed by atoms with Crippen LogP contribution in [0.5, 0.6) is 34.5 Å². The van der Waals surface area contributed by atoms with Gasteiger partial charge in [0.2, 0.25) is 17.8 Å². The first-order valence-corrected chi connectivity index (χ1v) is 43.2. The second-order valence-electron chi connectivity index (χ2n) is 30.2. The van der Waals surface area contributed by atoms with Crippen LogP contribution in [-0.4, -0.2) is 194 Å². The number of anilines is 7. The molecule has 4 aromatic carbocycles. The van der Waals surface area contributed by atoms with Crippen molar-refractivity contribution in [3.63, 3.8) is 0 Å². The summed E-state index contributed by atoms with van der Waals surface area (Å²) in [6.07, 6.45) is 19.8. The van der Waals surface area contributed by atoms with Crippen LogP contribution in [0.4, 0.5) is 41.0 Å². The molecule has 3 fully saturated rings. The van der Waals surface area contributed by atoms with Gasteiger partial charge in [-0.1, -0.05) is 101 Å². The average Bonchev–Trinajstić information content (AvgIpc) is 1.37. The predicted octanol–water partition coefficient (Wildman–Crippen LogP) is 16.3. The van der Waals surface area contributed by atoms with Gasteiger partial charge in [-0.3, -0.25) is 23.7 Å². The molecule has 8 aromatic heterocycles. The fourth-order valence-electron chi connectivity index (χ4n) is 15.0. The molecule has 9 N–H and O–H groups in total. The summed E-state index contributed by atoms with van der Waals surface area (Å²) >= 11 is 40.4. The Morgan fingerprint density at radius 2 is 0.798 bits per heavy atom. The number of methoxy groups -OCH3 is 6. The first-order chi connectivity index (χ1) is 62.4. The van der Waals surface area contributed by atoms with Crippen LogP contribution in [0.25, 0.3) is 66.5 Å². The molecule has 12 aromatic rings. The molecule has 39 heteroatoms. The molecule has 0 bridgehead atoms. The van der Waals surface area contributed by atoms with E-state index in [-0.39, 0.29) is 69.9 Å². The number of nitrogens with two attached hydrogens (primary N) is 1. The third-order valence-electron chi connectivity index (χ3n) is 21.8. The van der Waals surface area contributed by atoms with E-state index in [1.165, 1.54) is 60.9 Å². The number of hydrogen-bond acceptors (Lipinski definition) is 31. The Morgan fingerprint density at radius 1 is 0.465 bits per heavy atom. The first-order valence-electron chi connectivity index (χ1n) is 41.0. The van der Waals surface area contributed by atoms with Gasteiger partial charge >= 0.3 is 0 Å². The molecule has 11 heterocycles. The average molecular weight is 1880 g/mol. The number of carbonyl (C=O) groups excluding carboxylic acids is 3. The maximum Gasteiger partial charge on any atom is 0.223 e. The van der Waals surface area contributed by atoms with Crippen LogP contribution in [0.15, 0.2) is 142 Å². The lowest BCUT2D eigenvalue weighted by Crippen LogP contribution is -2.40. The Kier molecular flexibility index (Phi) is 32.5. The normalized spacial score (nSPS) is 16.5. The van der Waals surface area contributed by atoms with Gasteiger partial charge in [0.15, 0.2) is 34.8 Å². The number of hydrogen-bond donors (Lipinski definition) is 8. The van der Waals surface area contributed by atoms with Crippen molar-refractivity contribution in [2.75, 3.05) is 127 Å². The largest absolute Gasteiger partial charge is 0.495 e. The van der Waals surface area contributed by atoms with Gasteiger partial charge in [0.1, 0.15) is 51.0 Å². The third-order valence-corrected chi connectivity index (χ3v) is 24.1. The minimum Gasteiger partial charge on any atom is -0.495 e. The molecule has 3 aliphatic heterocycles. The lowest BCUT2D eigenvalue weighted by molar-refractivity contribution is -0.117. The van der Waals surface area contributed by atoms with Crippen LogP contribution < -0.4 is 66.1 Å². The minimum atomic E-state index is -0.159. The quantitative estimate of drug-likeness (QED) is 0.0135. The summed E-state index contributed by atoms with van der Waals surface area (Å²) in [6, 6.07) is 17.4. The van der Waals surface area contributed by atoms with Crippen molar-refractivity contribution in [2.45, 2.75) is 82.8 Å². The number of aromatic nitrogens is 13. The van der Waals surface area contributed by atoms with E-state index in [0.29, 0.717) is 247 Å². The van der Waals surface area contributed by atoms with Gasteiger partial charge in [-0.2, -0.15) is 10.2 Å². The molecule has 3 aliphatic rings. The molecule has 33 nitrogen and oxygen atoms in total. The number of rotatable bonds is 35. The van der Waals surface area contributed by atoms with Crippen molar-refractivity contribution < 1.29 is 62.1 Å². The molecule has 0 saturated carbocycles. The molecular weight excluding hydrogens is 1780 g/mol. The Bertz CT molecular complexity index is 6030. The second kappa shape index (κ2) is 44.3. The lowest BCUT2D eigenvalue weighted by Gasteiger charge is -2.31. The van der Waals surface area contributed by atoms with E-state index in [4.69, 9.17) is 148 Å². The van der Waals surface area contributed by atoms with Gasteiger partial charge in [0.25, 0.3) is 0 Å². The van der Waals surface area contributed by atoms with Gasteiger partial charge in [0, 0.05) is 165 Å². The molecule has 6 atom stereocenters. The molecule has 676 valence electrons. The molecule has 15 rings (SSSR count). The number of ether oxygens (including phenoxy) is 9. The molecule has 0 spiro atoms. The second-order valence-corrected chi connectivity index (χ2v) is 32.5. The lowest BCUT2D eigenvalue weighted by atomic mass is 9.90. The highest BCUT2D eigenvalue weighted by atomic mass is 35.5. The first kappa shape index (κ1) is 94.6. The topological polar surface area (TPSA) is 404 Å². The number of pyridine rings is 3. The zero-order valence-electron chi connectivity index (χ0n) is 71.7. The molecule has 3 saturated heterocycles. The van der Waals surface area contributed by atoms with E-state index in [1.807, 2.05) is 55.8 Å². The number of ketones is 3. The van der Waals surface area contributed by atoms with Crippen LogP contribution in [0.2, 0.25) is 30.1 Å². The number of aliphatic hydroxyl groups is 1. The van der Waals surface area contributed by atoms with E-state index < -0.39 is 0 Å². The van der Waals surface area contributed by atoms with Crippen LogP contribution in [-0.2, 0) is 61.8 Å². The summed E-state index contributed by atoms with van der Waals surface area (Å²) in [5.74, 6) is 5.08. The number of aryl methyl sites for hydroxylation is 1. The number of fused-ring (bicyclic) bond motifs is 3. The summed E-state index contributed by atoms with van der Waals surface area (Å²) < 4.78 is 53.3. The van der Waals surface area contributed by atoms with Gasteiger partial charge in [-0.25, -0.2) is 44.9 Å². The summed E-state index contributed by atoms with van der Waals surface area (Å²) in [6.45, 7) is 15.5. The van der Waals surface area contributed by atoms with Crippen LogP contribution in [0.1, 0.15) is 55.2 Å². The number of allylic oxidation sites excluding steroid dienone is 3. The molecule has 0 unspecified atom stereocenters. The van der Waals surface area contributed by atoms with Crippen LogP contribution in [0, 0.1) is 17.8 Å². The number of carbonyl (C=O) groups is 3. The highest BCUT2D eigenvalue weighted by molar-refractivity contribution is 6.42. The van der Waals surface area contributed by atoms with Crippen molar-refractivity contribution in [1.29, 1.82) is 0 Å². The summed E-state index contributed by atoms with van der Waals surface area (Å²) in [7, 11) is 10.9. The molecular formula is C90H96Cl6N20O13. The van der Waals surface area contributed by atoms with E-state index in [1.54, 1.807) is 64.6 Å². The fraction of sp³-hybridized carbons (Fsp3) is 0.333. The third kappa shape index (κ3) is 23.0. The van der Waals surface area contributed by atoms with Crippen molar-refractivity contribution in [3.8, 4) is 68.3 Å². The van der Waals surface area contributed by atoms with Crippen molar-refractivity contribution in [2.24, 2.45) is 24.8 Å². The predicted molar refractivity (Wildman–Crippen MR) is 502 cm³/mol. The molecule has 0 amide bonds. The fourth-order valence-corrected chi connectivity index (χ4v) is 17.1. The Labute approximate surface area is 773 Å². The van der Waals surface area contributed by atoms with Crippen LogP contribution in [0.3, 0.4) is 0 Å². The van der Waals surface area contributed by atoms with Crippen molar-refractivity contribution >= 4 is 161 Å². The number of aliphatic hydroxyl groups excluding tert-OH is 1. The Hall–Kier alpha value is -12.0. The summed E-state index contributed by atoms with van der Waals surface area (Å²) in [5, 5.41) is 41.8. The SMILES string of the molecule is C=CC(=O)C[C@H]1CCOC[C@H]1Nc1ncc2cc(-c3c(Cl)c(OC)cc(OC)c3Cl)nc(NCc3cccc(N)c3)c2n1.C=CC(=O)C[C@H]1CCOC[C@H]1Nc1ncc2cc(-c3c(Cl)c(OC)cc(OC)c3Cl)nc(NCc3cnn(C)c3)c2n1.C=CC(=O)C[C@H]1CCOC[C@H]1Nc1ncc2cc(-c3c(Cl)c(OC)cc(OC)c3Cl)nc(NCc3cnn(CCO)c3)c2n1. The van der Waals surface area contributed by atoms with E-state index >= 15 is 0 Å². The highest BCUT2D eigenvalue weighted by Crippen LogP contribution is 2.50. The van der Waals surface area contributed by atoms with Crippen molar-refractivity contribution in [1.82, 2.24) is 64.4 Å². The minimum absolute atomic E-state index is 0.00163. The van der Waals surface area contributed by atoms with Gasteiger partial charge in [-0.15, -0.1) is 0 Å². The molecule has 129 heavy (non-hydrogen) atoms.